The molecule has 4 nitrogen and oxygen atoms in total. The number of rotatable bonds is 2. The second kappa shape index (κ2) is 4.32. The predicted octanol–water partition coefficient (Wildman–Crippen LogP) is 2.10. The van der Waals surface area contributed by atoms with Crippen molar-refractivity contribution in [1.82, 2.24) is 4.90 Å². The van der Waals surface area contributed by atoms with Crippen LogP contribution in [-0.4, -0.2) is 29.2 Å². The van der Waals surface area contributed by atoms with Crippen molar-refractivity contribution < 1.29 is 27.5 Å². The number of benzene rings is 1. The van der Waals surface area contributed by atoms with Crippen LogP contribution in [-0.2, 0) is 16.1 Å². The molecule has 0 aliphatic carbocycles. The summed E-state index contributed by atoms with van der Waals surface area (Å²) in [5, 5.41) is 0. The Morgan fingerprint density at radius 1 is 1.17 bits per heavy atom. The molecule has 0 aromatic heterocycles. The fraction of sp³-hybridized carbons (Fsp3) is 0.273. The van der Waals surface area contributed by atoms with E-state index in [1.54, 1.807) is 30.3 Å². The lowest BCUT2D eigenvalue weighted by atomic mass is 10.2. The molecule has 0 bridgehead atoms. The number of amides is 2. The van der Waals surface area contributed by atoms with Gasteiger partial charge in [0.15, 0.2) is 0 Å². The number of cyclic esters (lactones) is 1. The molecule has 0 radical (unpaired) electrons. The third-order valence-corrected chi connectivity index (χ3v) is 2.41. The van der Waals surface area contributed by atoms with Crippen molar-refractivity contribution in [2.75, 3.05) is 0 Å². The summed E-state index contributed by atoms with van der Waals surface area (Å²) in [6.07, 6.45) is -8.84. The number of hydrogen-bond acceptors (Lipinski definition) is 3. The quantitative estimate of drug-likeness (QED) is 0.817. The average molecular weight is 259 g/mol. The minimum atomic E-state index is -4.88. The third-order valence-electron chi connectivity index (χ3n) is 2.41. The van der Waals surface area contributed by atoms with E-state index in [4.69, 9.17) is 0 Å². The summed E-state index contributed by atoms with van der Waals surface area (Å²) in [4.78, 5) is 23.1. The van der Waals surface area contributed by atoms with Crippen LogP contribution in [0.3, 0.4) is 0 Å². The highest BCUT2D eigenvalue weighted by atomic mass is 19.4. The maximum absolute atomic E-state index is 12.4. The Morgan fingerprint density at radius 2 is 1.78 bits per heavy atom. The zero-order valence-electron chi connectivity index (χ0n) is 8.98. The highest BCUT2D eigenvalue weighted by Crippen LogP contribution is 2.30. The van der Waals surface area contributed by atoms with Gasteiger partial charge in [-0.05, 0) is 5.56 Å². The highest BCUT2D eigenvalue weighted by molar-refractivity contribution is 6.00. The van der Waals surface area contributed by atoms with Gasteiger partial charge in [-0.2, -0.15) is 13.2 Å². The van der Waals surface area contributed by atoms with E-state index in [-0.39, 0.29) is 6.54 Å². The highest BCUT2D eigenvalue weighted by Gasteiger charge is 2.56. The third kappa shape index (κ3) is 2.29. The Balaban J connectivity index is 2.16. The van der Waals surface area contributed by atoms with Gasteiger partial charge >= 0.3 is 12.3 Å². The molecule has 1 heterocycles. The van der Waals surface area contributed by atoms with Crippen LogP contribution in [0.5, 0.6) is 0 Å². The number of alkyl halides is 3. The van der Waals surface area contributed by atoms with Crippen LogP contribution in [0.4, 0.5) is 18.0 Å². The molecule has 1 aliphatic heterocycles. The lowest BCUT2D eigenvalue weighted by Crippen LogP contribution is -2.38. The number of imide groups is 1. The molecule has 2 amide bonds. The summed E-state index contributed by atoms with van der Waals surface area (Å²) in [5.74, 6) is -1.38. The molecule has 0 unspecified atom stereocenters. The monoisotopic (exact) mass is 259 g/mol. The van der Waals surface area contributed by atoms with Gasteiger partial charge in [0.05, 0.1) is 6.54 Å². The second-order valence-electron chi connectivity index (χ2n) is 3.72. The van der Waals surface area contributed by atoms with Crippen molar-refractivity contribution in [1.29, 1.82) is 0 Å². The molecule has 2 rings (SSSR count). The van der Waals surface area contributed by atoms with Gasteiger partial charge in [-0.15, -0.1) is 0 Å². The van der Waals surface area contributed by atoms with E-state index in [1.165, 1.54) is 0 Å². The Labute approximate surface area is 99.9 Å². The zero-order chi connectivity index (χ0) is 13.3. The van der Waals surface area contributed by atoms with Gasteiger partial charge in [-0.25, -0.2) is 9.69 Å². The van der Waals surface area contributed by atoms with E-state index >= 15 is 0 Å². The van der Waals surface area contributed by atoms with Crippen molar-refractivity contribution in [3.63, 3.8) is 0 Å². The van der Waals surface area contributed by atoms with Crippen LogP contribution in [0.25, 0.3) is 0 Å². The van der Waals surface area contributed by atoms with E-state index in [0.29, 0.717) is 10.5 Å². The Kier molecular flexibility index (Phi) is 2.98. The number of halogens is 3. The van der Waals surface area contributed by atoms with Gasteiger partial charge in [0, 0.05) is 0 Å². The molecule has 1 fully saturated rings. The molecule has 96 valence electrons. The van der Waals surface area contributed by atoms with E-state index in [9.17, 15) is 22.8 Å². The summed E-state index contributed by atoms with van der Waals surface area (Å²) in [7, 11) is 0. The predicted molar refractivity (Wildman–Crippen MR) is 53.3 cm³/mol. The first-order valence-electron chi connectivity index (χ1n) is 5.02. The Bertz CT molecular complexity index is 472. The molecule has 1 saturated heterocycles. The average Bonchev–Trinajstić information content (AvgIpc) is 2.58. The van der Waals surface area contributed by atoms with Crippen LogP contribution in [0.1, 0.15) is 5.56 Å². The van der Waals surface area contributed by atoms with Crippen LogP contribution < -0.4 is 0 Å². The van der Waals surface area contributed by atoms with Gasteiger partial charge in [0.2, 0.25) is 0 Å². The number of nitrogens with zero attached hydrogens (tertiary/aromatic N) is 1. The van der Waals surface area contributed by atoms with E-state index in [1.807, 2.05) is 0 Å². The summed E-state index contributed by atoms with van der Waals surface area (Å²) < 4.78 is 41.2. The lowest BCUT2D eigenvalue weighted by Gasteiger charge is -2.12. The normalized spacial score (nSPS) is 20.2. The minimum absolute atomic E-state index is 0.231. The Morgan fingerprint density at radius 3 is 2.28 bits per heavy atom. The fourth-order valence-electron chi connectivity index (χ4n) is 1.56. The SMILES string of the molecule is O=C1O[C@H](C(F)(F)F)C(=O)N1Cc1ccccc1. The molecule has 1 atom stereocenters. The first-order valence-corrected chi connectivity index (χ1v) is 5.02. The summed E-state index contributed by atoms with van der Waals surface area (Å²) in [6.45, 7) is -0.231. The van der Waals surface area contributed by atoms with Crippen LogP contribution in [0.2, 0.25) is 0 Å². The topological polar surface area (TPSA) is 46.6 Å². The number of ether oxygens (including phenoxy) is 1. The van der Waals surface area contributed by atoms with Gasteiger partial charge in [-0.1, -0.05) is 30.3 Å². The molecule has 1 aromatic carbocycles. The molecule has 0 spiro atoms. The molecule has 1 aromatic rings. The molecule has 18 heavy (non-hydrogen) atoms. The van der Waals surface area contributed by atoms with Crippen LogP contribution in [0.15, 0.2) is 30.3 Å². The van der Waals surface area contributed by atoms with Gasteiger partial charge in [0.25, 0.3) is 12.0 Å². The van der Waals surface area contributed by atoms with E-state index in [2.05, 4.69) is 4.74 Å². The van der Waals surface area contributed by atoms with Gasteiger partial charge in [-0.3, -0.25) is 4.79 Å². The maximum atomic E-state index is 12.4. The van der Waals surface area contributed by atoms with E-state index in [0.717, 1.165) is 0 Å². The maximum Gasteiger partial charge on any atom is 0.434 e. The van der Waals surface area contributed by atoms with Crippen molar-refractivity contribution in [3.8, 4) is 0 Å². The molecular weight excluding hydrogens is 251 g/mol. The van der Waals surface area contributed by atoms with Gasteiger partial charge < -0.3 is 4.74 Å². The van der Waals surface area contributed by atoms with Crippen molar-refractivity contribution in [2.24, 2.45) is 0 Å². The minimum Gasteiger partial charge on any atom is -0.426 e. The lowest BCUT2D eigenvalue weighted by molar-refractivity contribution is -0.196. The van der Waals surface area contributed by atoms with Crippen LogP contribution in [0, 0.1) is 0 Å². The second-order valence-corrected chi connectivity index (χ2v) is 3.72. The molecule has 1 aliphatic rings. The summed E-state index contributed by atoms with van der Waals surface area (Å²) >= 11 is 0. The fourth-order valence-corrected chi connectivity index (χ4v) is 1.56. The van der Waals surface area contributed by atoms with Crippen molar-refractivity contribution in [3.05, 3.63) is 35.9 Å². The first-order chi connectivity index (χ1) is 8.39. The van der Waals surface area contributed by atoms with Gasteiger partial charge in [0.1, 0.15) is 0 Å². The molecule has 0 saturated carbocycles. The number of carbonyl (C=O) groups excluding carboxylic acids is 2. The van der Waals surface area contributed by atoms with Crippen molar-refractivity contribution >= 4 is 12.0 Å². The standard InChI is InChI=1S/C11H8F3NO3/c12-11(13,14)8-9(16)15(10(17)18-8)6-7-4-2-1-3-5-7/h1-5,8H,6H2/t8-/m0/s1. The van der Waals surface area contributed by atoms with Crippen LogP contribution >= 0.6 is 0 Å². The smallest absolute Gasteiger partial charge is 0.426 e. The summed E-state index contributed by atoms with van der Waals surface area (Å²) in [5.41, 5.74) is 0.547. The first kappa shape index (κ1) is 12.4. The zero-order valence-corrected chi connectivity index (χ0v) is 8.98. The van der Waals surface area contributed by atoms with E-state index < -0.39 is 24.3 Å². The largest absolute Gasteiger partial charge is 0.434 e. The molecule has 7 heteroatoms. The summed E-state index contributed by atoms with van der Waals surface area (Å²) in [6, 6.07) is 8.22. The molecule has 0 N–H and O–H groups in total. The Hall–Kier alpha value is -2.05. The number of carbonyl (C=O) groups is 2. The van der Waals surface area contributed by atoms with Crippen molar-refractivity contribution in [2.45, 2.75) is 18.8 Å². The molecular formula is C11H8F3NO3. The number of hydrogen-bond donors (Lipinski definition) is 0.